The standard InChI is InChI=1S/C14H17O6/c1-19-14-7-10(8-16)4-5-13(14)20-9-12(18)11(17)3-2-6-15/h4-5,7-8,11-12,17-18H,2-3,9H2,1H3. The average molecular weight is 281 g/mol. The monoisotopic (exact) mass is 281 g/mol. The van der Waals surface area contributed by atoms with Crippen LogP contribution in [-0.2, 0) is 4.79 Å². The maximum absolute atomic E-state index is 10.6. The molecule has 0 amide bonds. The van der Waals surface area contributed by atoms with Crippen molar-refractivity contribution in [3.8, 4) is 11.5 Å². The highest BCUT2D eigenvalue weighted by Gasteiger charge is 2.17. The molecule has 109 valence electrons. The van der Waals surface area contributed by atoms with Gasteiger partial charge in [0, 0.05) is 12.0 Å². The Hall–Kier alpha value is -1.92. The number of aliphatic hydroxyl groups excluding tert-OH is 2. The molecule has 1 rings (SSSR count). The number of hydrogen-bond acceptors (Lipinski definition) is 6. The number of hydrogen-bond donors (Lipinski definition) is 2. The molecule has 0 bridgehead atoms. The summed E-state index contributed by atoms with van der Waals surface area (Å²) >= 11 is 0. The van der Waals surface area contributed by atoms with Gasteiger partial charge in [-0.25, -0.2) is 0 Å². The minimum Gasteiger partial charge on any atom is -0.493 e. The predicted octanol–water partition coefficient (Wildman–Crippen LogP) is 0.498. The summed E-state index contributed by atoms with van der Waals surface area (Å²) < 4.78 is 10.4. The highest BCUT2D eigenvalue weighted by atomic mass is 16.5. The van der Waals surface area contributed by atoms with Crippen LogP contribution in [-0.4, -0.2) is 48.7 Å². The first-order valence-corrected chi connectivity index (χ1v) is 6.09. The van der Waals surface area contributed by atoms with Crippen LogP contribution in [0.3, 0.4) is 0 Å². The quantitative estimate of drug-likeness (QED) is 0.640. The molecular formula is C14H17O6. The second-order valence-corrected chi connectivity index (χ2v) is 4.16. The van der Waals surface area contributed by atoms with Gasteiger partial charge in [-0.2, -0.15) is 0 Å². The van der Waals surface area contributed by atoms with Crippen LogP contribution < -0.4 is 9.47 Å². The van der Waals surface area contributed by atoms with Crippen LogP contribution in [0.5, 0.6) is 11.5 Å². The molecule has 1 radical (unpaired) electrons. The van der Waals surface area contributed by atoms with Gasteiger partial charge in [0.25, 0.3) is 0 Å². The first-order valence-electron chi connectivity index (χ1n) is 6.09. The maximum atomic E-state index is 10.6. The molecule has 0 aromatic heterocycles. The van der Waals surface area contributed by atoms with Gasteiger partial charge < -0.3 is 19.7 Å². The number of rotatable bonds is 9. The van der Waals surface area contributed by atoms with Gasteiger partial charge in [-0.1, -0.05) is 0 Å². The van der Waals surface area contributed by atoms with Gasteiger partial charge in [0.05, 0.1) is 13.2 Å². The zero-order chi connectivity index (χ0) is 15.0. The summed E-state index contributed by atoms with van der Waals surface area (Å²) in [6.45, 7) is -0.156. The zero-order valence-corrected chi connectivity index (χ0v) is 11.1. The van der Waals surface area contributed by atoms with E-state index in [9.17, 15) is 19.8 Å². The predicted molar refractivity (Wildman–Crippen MR) is 70.8 cm³/mol. The Labute approximate surface area is 116 Å². The molecule has 2 unspecified atom stereocenters. The Morgan fingerprint density at radius 3 is 2.65 bits per heavy atom. The van der Waals surface area contributed by atoms with Crippen molar-refractivity contribution in [1.82, 2.24) is 0 Å². The molecule has 6 nitrogen and oxygen atoms in total. The topological polar surface area (TPSA) is 93.1 Å². The highest BCUT2D eigenvalue weighted by Crippen LogP contribution is 2.27. The average Bonchev–Trinajstić information content (AvgIpc) is 2.49. The lowest BCUT2D eigenvalue weighted by Gasteiger charge is -2.18. The number of carbonyl (C=O) groups is 1. The number of ether oxygens (including phenoxy) is 2. The zero-order valence-electron chi connectivity index (χ0n) is 11.1. The van der Waals surface area contributed by atoms with E-state index in [1.54, 1.807) is 18.4 Å². The molecule has 2 atom stereocenters. The number of aliphatic hydroxyl groups is 2. The molecular weight excluding hydrogens is 264 g/mol. The van der Waals surface area contributed by atoms with Gasteiger partial charge in [0.15, 0.2) is 17.8 Å². The molecule has 0 saturated carbocycles. The largest absolute Gasteiger partial charge is 0.493 e. The third-order valence-electron chi connectivity index (χ3n) is 2.72. The SMILES string of the molecule is COc1cc(C=O)ccc1OCC(O)C(O)CC[C]=O. The van der Waals surface area contributed by atoms with Crippen molar-refractivity contribution in [2.45, 2.75) is 25.0 Å². The molecule has 1 aromatic carbocycles. The Balaban J connectivity index is 2.60. The summed E-state index contributed by atoms with van der Waals surface area (Å²) in [5, 5.41) is 19.2. The summed E-state index contributed by atoms with van der Waals surface area (Å²) in [6, 6.07) is 4.60. The Kier molecular flexibility index (Phi) is 6.69. The fourth-order valence-electron chi connectivity index (χ4n) is 1.56. The van der Waals surface area contributed by atoms with Gasteiger partial charge in [-0.15, -0.1) is 0 Å². The van der Waals surface area contributed by atoms with Crippen molar-refractivity contribution < 1.29 is 29.3 Å². The normalized spacial score (nSPS) is 13.3. The van der Waals surface area contributed by atoms with Gasteiger partial charge >= 0.3 is 0 Å². The minimum absolute atomic E-state index is 0.0512. The molecule has 0 fully saturated rings. The van der Waals surface area contributed by atoms with Crippen molar-refractivity contribution in [3.63, 3.8) is 0 Å². The number of benzene rings is 1. The van der Waals surface area contributed by atoms with Gasteiger partial charge in [-0.05, 0) is 24.6 Å². The lowest BCUT2D eigenvalue weighted by molar-refractivity contribution is -0.0109. The van der Waals surface area contributed by atoms with E-state index in [0.29, 0.717) is 23.3 Å². The second-order valence-electron chi connectivity index (χ2n) is 4.16. The summed E-state index contributed by atoms with van der Waals surface area (Å²) in [5.74, 6) is 0.712. The van der Waals surface area contributed by atoms with Crippen LogP contribution in [0, 0.1) is 0 Å². The van der Waals surface area contributed by atoms with Gasteiger partial charge in [-0.3, -0.25) is 9.59 Å². The molecule has 2 N–H and O–H groups in total. The molecule has 0 heterocycles. The van der Waals surface area contributed by atoms with E-state index in [2.05, 4.69) is 0 Å². The molecule has 6 heteroatoms. The Morgan fingerprint density at radius 2 is 2.05 bits per heavy atom. The van der Waals surface area contributed by atoms with Crippen LogP contribution in [0.2, 0.25) is 0 Å². The minimum atomic E-state index is -1.13. The molecule has 20 heavy (non-hydrogen) atoms. The Morgan fingerprint density at radius 1 is 1.30 bits per heavy atom. The van der Waals surface area contributed by atoms with Crippen molar-refractivity contribution in [3.05, 3.63) is 23.8 Å². The fourth-order valence-corrected chi connectivity index (χ4v) is 1.56. The van der Waals surface area contributed by atoms with Crippen LogP contribution in [0.4, 0.5) is 0 Å². The summed E-state index contributed by atoms with van der Waals surface area (Å²) in [5.41, 5.74) is 0.441. The molecule has 0 aliphatic carbocycles. The van der Waals surface area contributed by atoms with Crippen LogP contribution in [0.15, 0.2) is 18.2 Å². The lowest BCUT2D eigenvalue weighted by atomic mass is 10.1. The first-order chi connectivity index (χ1) is 9.62. The molecule has 0 saturated heterocycles. The molecule has 1 aromatic rings. The smallest absolute Gasteiger partial charge is 0.198 e. The highest BCUT2D eigenvalue weighted by molar-refractivity contribution is 5.76. The summed E-state index contributed by atoms with van der Waals surface area (Å²) in [4.78, 5) is 20.7. The van der Waals surface area contributed by atoms with Crippen LogP contribution in [0.1, 0.15) is 23.2 Å². The number of aldehydes is 1. The van der Waals surface area contributed by atoms with E-state index >= 15 is 0 Å². The number of carbonyl (C=O) groups excluding carboxylic acids is 2. The van der Waals surface area contributed by atoms with Gasteiger partial charge in [0.1, 0.15) is 19.0 Å². The van der Waals surface area contributed by atoms with E-state index in [-0.39, 0.29) is 19.4 Å². The molecule has 0 spiro atoms. The summed E-state index contributed by atoms with van der Waals surface area (Å²) in [7, 11) is 1.43. The van der Waals surface area contributed by atoms with E-state index in [1.165, 1.54) is 13.2 Å². The van der Waals surface area contributed by atoms with Crippen molar-refractivity contribution in [2.75, 3.05) is 13.7 Å². The van der Waals surface area contributed by atoms with Crippen molar-refractivity contribution in [2.24, 2.45) is 0 Å². The van der Waals surface area contributed by atoms with E-state index < -0.39 is 12.2 Å². The van der Waals surface area contributed by atoms with Gasteiger partial charge in [0.2, 0.25) is 0 Å². The van der Waals surface area contributed by atoms with Crippen LogP contribution >= 0.6 is 0 Å². The van der Waals surface area contributed by atoms with Crippen LogP contribution in [0.25, 0.3) is 0 Å². The summed E-state index contributed by atoms with van der Waals surface area (Å²) in [6.07, 6.45) is 0.311. The fraction of sp³-hybridized carbons (Fsp3) is 0.429. The third-order valence-corrected chi connectivity index (χ3v) is 2.72. The lowest BCUT2D eigenvalue weighted by Crippen LogP contribution is -2.31. The van der Waals surface area contributed by atoms with Crippen molar-refractivity contribution >= 4 is 12.6 Å². The van der Waals surface area contributed by atoms with Crippen molar-refractivity contribution in [1.29, 1.82) is 0 Å². The second kappa shape index (κ2) is 8.29. The number of methoxy groups -OCH3 is 1. The maximum Gasteiger partial charge on any atom is 0.198 e. The molecule has 0 aliphatic rings. The van der Waals surface area contributed by atoms with E-state index in [0.717, 1.165) is 0 Å². The Bertz CT molecular complexity index is 445. The first kappa shape index (κ1) is 16.1. The van der Waals surface area contributed by atoms with E-state index in [1.807, 2.05) is 0 Å². The third kappa shape index (κ3) is 4.64. The molecule has 0 aliphatic heterocycles. The van der Waals surface area contributed by atoms with E-state index in [4.69, 9.17) is 9.47 Å².